The van der Waals surface area contributed by atoms with E-state index < -0.39 is 6.23 Å². The molecule has 1 aromatic heterocycles. The van der Waals surface area contributed by atoms with E-state index in [1.165, 1.54) is 7.11 Å². The largest absolute Gasteiger partial charge is 0.352 e. The van der Waals surface area contributed by atoms with Crippen LogP contribution in [-0.2, 0) is 9.53 Å². The molecular formula is C15H11Cl2N3O2. The minimum Gasteiger partial charge on any atom is -0.352 e. The molecule has 0 bridgehead atoms. The van der Waals surface area contributed by atoms with E-state index >= 15 is 0 Å². The highest BCUT2D eigenvalue weighted by atomic mass is 35.5. The number of aliphatic imine (C=N–C) groups is 1. The number of methoxy groups -OCH3 is 1. The van der Waals surface area contributed by atoms with Crippen LogP contribution in [0.15, 0.2) is 41.4 Å². The van der Waals surface area contributed by atoms with Crippen molar-refractivity contribution in [2.45, 2.75) is 6.23 Å². The molecule has 22 heavy (non-hydrogen) atoms. The summed E-state index contributed by atoms with van der Waals surface area (Å²) in [5, 5.41) is 3.52. The summed E-state index contributed by atoms with van der Waals surface area (Å²) in [4.78, 5) is 20.8. The van der Waals surface area contributed by atoms with Crippen molar-refractivity contribution >= 4 is 40.5 Å². The van der Waals surface area contributed by atoms with Crippen molar-refractivity contribution < 1.29 is 9.53 Å². The summed E-state index contributed by atoms with van der Waals surface area (Å²) >= 11 is 12.2. The molecule has 1 unspecified atom stereocenters. The van der Waals surface area contributed by atoms with E-state index in [1.54, 1.807) is 24.3 Å². The van der Waals surface area contributed by atoms with Crippen LogP contribution < -0.4 is 5.32 Å². The molecule has 0 spiro atoms. The van der Waals surface area contributed by atoms with Gasteiger partial charge in [0.15, 0.2) is 0 Å². The van der Waals surface area contributed by atoms with E-state index in [-0.39, 0.29) is 5.91 Å². The van der Waals surface area contributed by atoms with Gasteiger partial charge in [0.1, 0.15) is 10.8 Å². The fraction of sp³-hybridized carbons (Fsp3) is 0.133. The number of hydrogen-bond donors (Lipinski definition) is 1. The third-order valence-electron chi connectivity index (χ3n) is 3.17. The monoisotopic (exact) mass is 335 g/mol. The van der Waals surface area contributed by atoms with Gasteiger partial charge in [-0.05, 0) is 18.2 Å². The number of pyridine rings is 1. The summed E-state index contributed by atoms with van der Waals surface area (Å²) in [6, 6.07) is 10.5. The molecule has 1 aliphatic rings. The zero-order valence-corrected chi connectivity index (χ0v) is 13.0. The maximum absolute atomic E-state index is 12.1. The van der Waals surface area contributed by atoms with E-state index in [2.05, 4.69) is 15.3 Å². The second kappa shape index (κ2) is 6.04. The molecule has 0 saturated heterocycles. The Morgan fingerprint density at radius 1 is 1.18 bits per heavy atom. The lowest BCUT2D eigenvalue weighted by Crippen LogP contribution is -2.27. The van der Waals surface area contributed by atoms with Gasteiger partial charge in [-0.3, -0.25) is 4.79 Å². The average Bonchev–Trinajstić information content (AvgIpc) is 2.64. The van der Waals surface area contributed by atoms with Gasteiger partial charge in [0.2, 0.25) is 6.23 Å². The topological polar surface area (TPSA) is 63.6 Å². The number of anilines is 1. The molecule has 0 radical (unpaired) electrons. The molecule has 0 saturated carbocycles. The Morgan fingerprint density at radius 3 is 2.68 bits per heavy atom. The summed E-state index contributed by atoms with van der Waals surface area (Å²) < 4.78 is 5.13. The molecule has 5 nitrogen and oxygen atoms in total. The summed E-state index contributed by atoms with van der Waals surface area (Å²) in [5.74, 6) is -0.380. The van der Waals surface area contributed by atoms with E-state index in [0.29, 0.717) is 32.8 Å². The van der Waals surface area contributed by atoms with Gasteiger partial charge in [-0.1, -0.05) is 41.4 Å². The van der Waals surface area contributed by atoms with Gasteiger partial charge >= 0.3 is 0 Å². The number of ether oxygens (including phenoxy) is 1. The van der Waals surface area contributed by atoms with Crippen molar-refractivity contribution in [2.24, 2.45) is 4.99 Å². The summed E-state index contributed by atoms with van der Waals surface area (Å²) in [6.45, 7) is 0. The Labute approximate surface area is 136 Å². The maximum atomic E-state index is 12.1. The molecule has 1 atom stereocenters. The van der Waals surface area contributed by atoms with Crippen LogP contribution in [0.5, 0.6) is 0 Å². The number of aromatic nitrogens is 1. The van der Waals surface area contributed by atoms with E-state index in [0.717, 1.165) is 0 Å². The standard InChI is InChI=1S/C15H11Cl2N3O2/c1-22-15-14(21)18-10-6-7-11(17)19-13(10)12(20-15)8-4-2-3-5-9(8)16/h2-7,15H,1H3,(H,18,21). The first-order chi connectivity index (χ1) is 10.6. The lowest BCUT2D eigenvalue weighted by atomic mass is 10.1. The highest BCUT2D eigenvalue weighted by molar-refractivity contribution is 6.36. The van der Waals surface area contributed by atoms with Crippen molar-refractivity contribution in [2.75, 3.05) is 12.4 Å². The molecule has 0 aliphatic carbocycles. The number of amides is 1. The first-order valence-electron chi connectivity index (χ1n) is 6.43. The van der Waals surface area contributed by atoms with E-state index in [1.807, 2.05) is 12.1 Å². The SMILES string of the molecule is COC1N=C(c2ccccc2Cl)c2nc(Cl)ccc2NC1=O. The van der Waals surface area contributed by atoms with Gasteiger partial charge in [0.25, 0.3) is 5.91 Å². The van der Waals surface area contributed by atoms with Crippen LogP contribution in [0.4, 0.5) is 5.69 Å². The van der Waals surface area contributed by atoms with Crippen molar-refractivity contribution in [3.63, 3.8) is 0 Å². The average molecular weight is 336 g/mol. The number of carbonyl (C=O) groups is 1. The predicted octanol–water partition coefficient (Wildman–Crippen LogP) is 3.15. The molecule has 1 aromatic carbocycles. The molecule has 7 heteroatoms. The third kappa shape index (κ3) is 2.70. The fourth-order valence-corrected chi connectivity index (χ4v) is 2.53. The van der Waals surface area contributed by atoms with Crippen LogP contribution in [0, 0.1) is 0 Å². The lowest BCUT2D eigenvalue weighted by Gasteiger charge is -2.10. The lowest BCUT2D eigenvalue weighted by molar-refractivity contribution is -0.125. The number of fused-ring (bicyclic) bond motifs is 1. The minimum atomic E-state index is -0.987. The molecule has 3 rings (SSSR count). The van der Waals surface area contributed by atoms with Crippen molar-refractivity contribution in [3.05, 3.63) is 57.8 Å². The second-order valence-electron chi connectivity index (χ2n) is 4.57. The molecule has 1 amide bonds. The number of nitrogens with one attached hydrogen (secondary N) is 1. The molecule has 112 valence electrons. The molecule has 1 aliphatic heterocycles. The van der Waals surface area contributed by atoms with Crippen LogP contribution in [0.3, 0.4) is 0 Å². The van der Waals surface area contributed by atoms with Gasteiger partial charge in [0.05, 0.1) is 16.4 Å². The zero-order valence-electron chi connectivity index (χ0n) is 11.5. The molecular weight excluding hydrogens is 325 g/mol. The molecule has 2 aromatic rings. The van der Waals surface area contributed by atoms with Gasteiger partial charge in [0, 0.05) is 12.7 Å². The highest BCUT2D eigenvalue weighted by Gasteiger charge is 2.27. The number of carbonyl (C=O) groups excluding carboxylic acids is 1. The first-order valence-corrected chi connectivity index (χ1v) is 7.19. The Morgan fingerprint density at radius 2 is 1.95 bits per heavy atom. The Hall–Kier alpha value is -1.95. The van der Waals surface area contributed by atoms with Crippen molar-refractivity contribution in [3.8, 4) is 0 Å². The van der Waals surface area contributed by atoms with Gasteiger partial charge in [-0.2, -0.15) is 0 Å². The quantitative estimate of drug-likeness (QED) is 0.857. The van der Waals surface area contributed by atoms with E-state index in [9.17, 15) is 4.79 Å². The Bertz CT molecular complexity index is 777. The number of halogens is 2. The van der Waals surface area contributed by atoms with Gasteiger partial charge in [-0.25, -0.2) is 9.98 Å². The Kier molecular flexibility index (Phi) is 4.11. The number of hydrogen-bond acceptors (Lipinski definition) is 4. The Balaban J connectivity index is 2.26. The minimum absolute atomic E-state index is 0.295. The van der Waals surface area contributed by atoms with Crippen molar-refractivity contribution in [1.29, 1.82) is 0 Å². The van der Waals surface area contributed by atoms with Crippen LogP contribution in [0.25, 0.3) is 0 Å². The summed E-state index contributed by atoms with van der Waals surface area (Å²) in [5.41, 5.74) is 2.06. The zero-order chi connectivity index (χ0) is 15.7. The molecule has 2 heterocycles. The normalized spacial score (nSPS) is 17.3. The van der Waals surface area contributed by atoms with Gasteiger partial charge < -0.3 is 10.1 Å². The van der Waals surface area contributed by atoms with E-state index in [4.69, 9.17) is 27.9 Å². The molecule has 0 fully saturated rings. The fourth-order valence-electron chi connectivity index (χ4n) is 2.16. The number of rotatable bonds is 2. The molecule has 1 N–H and O–H groups in total. The van der Waals surface area contributed by atoms with Crippen LogP contribution in [0.2, 0.25) is 10.2 Å². The smallest absolute Gasteiger partial charge is 0.276 e. The van der Waals surface area contributed by atoms with Crippen LogP contribution >= 0.6 is 23.2 Å². The number of benzene rings is 1. The number of nitrogens with zero attached hydrogens (tertiary/aromatic N) is 2. The van der Waals surface area contributed by atoms with Crippen molar-refractivity contribution in [1.82, 2.24) is 4.98 Å². The first kappa shape index (κ1) is 15.0. The maximum Gasteiger partial charge on any atom is 0.276 e. The van der Waals surface area contributed by atoms with Gasteiger partial charge in [-0.15, -0.1) is 0 Å². The summed E-state index contributed by atoms with van der Waals surface area (Å²) in [6.07, 6.45) is -0.987. The third-order valence-corrected chi connectivity index (χ3v) is 3.71. The van der Waals surface area contributed by atoms with Crippen LogP contribution in [0.1, 0.15) is 11.3 Å². The highest BCUT2D eigenvalue weighted by Crippen LogP contribution is 2.27. The van der Waals surface area contributed by atoms with Crippen LogP contribution in [-0.4, -0.2) is 29.9 Å². The summed E-state index contributed by atoms with van der Waals surface area (Å²) in [7, 11) is 1.41. The second-order valence-corrected chi connectivity index (χ2v) is 5.36. The predicted molar refractivity (Wildman–Crippen MR) is 85.8 cm³/mol.